The minimum absolute atomic E-state index is 0.0160. The Kier molecular flexibility index (Phi) is 6.55. The van der Waals surface area contributed by atoms with Gasteiger partial charge in [0.2, 0.25) is 5.91 Å². The zero-order chi connectivity index (χ0) is 21.1. The average Bonchev–Trinajstić information content (AvgIpc) is 3.41. The first-order valence-corrected chi connectivity index (χ1v) is 12.4. The van der Waals surface area contributed by atoms with Crippen LogP contribution in [0.5, 0.6) is 0 Å². The molecule has 1 aliphatic rings. The van der Waals surface area contributed by atoms with Gasteiger partial charge in [0.25, 0.3) is 5.91 Å². The highest BCUT2D eigenvalue weighted by atomic mass is 32.2. The second-order valence-electron chi connectivity index (χ2n) is 7.39. The molecule has 4 rings (SSSR count). The van der Waals surface area contributed by atoms with Crippen LogP contribution in [0.25, 0.3) is 0 Å². The number of nitrogens with zero attached hydrogens (tertiary/aromatic N) is 2. The molecule has 3 heterocycles. The van der Waals surface area contributed by atoms with Crippen molar-refractivity contribution in [3.8, 4) is 0 Å². The first-order chi connectivity index (χ1) is 14.5. The van der Waals surface area contributed by atoms with Gasteiger partial charge < -0.3 is 10.2 Å². The Morgan fingerprint density at radius 2 is 2.10 bits per heavy atom. The fourth-order valence-electron chi connectivity index (χ4n) is 3.49. The number of aromatic nitrogens is 1. The highest BCUT2D eigenvalue weighted by molar-refractivity contribution is 8.01. The number of likely N-dealkylation sites (tertiary alicyclic amines) is 1. The van der Waals surface area contributed by atoms with Crippen molar-refractivity contribution in [2.45, 2.75) is 35.9 Å². The number of hydrogen-bond donors (Lipinski definition) is 1. The predicted molar refractivity (Wildman–Crippen MR) is 124 cm³/mol. The van der Waals surface area contributed by atoms with Gasteiger partial charge in [-0.2, -0.15) is 0 Å². The van der Waals surface area contributed by atoms with E-state index in [1.54, 1.807) is 23.1 Å². The van der Waals surface area contributed by atoms with Crippen molar-refractivity contribution >= 4 is 51.9 Å². The first-order valence-electron chi connectivity index (χ1n) is 9.84. The molecule has 0 aliphatic carbocycles. The van der Waals surface area contributed by atoms with E-state index in [9.17, 15) is 9.59 Å². The molecule has 3 aromatic rings. The van der Waals surface area contributed by atoms with E-state index in [1.165, 1.54) is 11.3 Å². The van der Waals surface area contributed by atoms with Crippen LogP contribution in [0.1, 0.15) is 33.8 Å². The number of anilines is 1. The summed E-state index contributed by atoms with van der Waals surface area (Å²) in [5, 5.41) is 7.02. The third-order valence-corrected chi connectivity index (χ3v) is 7.97. The van der Waals surface area contributed by atoms with Crippen LogP contribution in [0.15, 0.2) is 50.3 Å². The first kappa shape index (κ1) is 21.1. The third kappa shape index (κ3) is 4.94. The summed E-state index contributed by atoms with van der Waals surface area (Å²) in [4.78, 5) is 33.7. The summed E-state index contributed by atoms with van der Waals surface area (Å²) < 4.78 is 1.02. The number of thiophene rings is 1. The number of amides is 2. The fraction of sp³-hybridized carbons (Fsp3) is 0.318. The van der Waals surface area contributed by atoms with Crippen molar-refractivity contribution in [1.29, 1.82) is 0 Å². The molecule has 1 fully saturated rings. The molecule has 2 amide bonds. The van der Waals surface area contributed by atoms with Crippen molar-refractivity contribution in [2.75, 3.05) is 18.4 Å². The topological polar surface area (TPSA) is 62.3 Å². The molecule has 1 aromatic carbocycles. The second kappa shape index (κ2) is 9.32. The van der Waals surface area contributed by atoms with Gasteiger partial charge in [-0.25, -0.2) is 4.98 Å². The summed E-state index contributed by atoms with van der Waals surface area (Å²) in [6.07, 6.45) is 1.65. The zero-order valence-electron chi connectivity index (χ0n) is 16.9. The van der Waals surface area contributed by atoms with Crippen LogP contribution in [-0.4, -0.2) is 34.8 Å². The maximum absolute atomic E-state index is 12.9. The molecule has 0 saturated carbocycles. The van der Waals surface area contributed by atoms with Gasteiger partial charge in [0.05, 0.1) is 10.8 Å². The fourth-order valence-corrected chi connectivity index (χ4v) is 6.09. The molecule has 1 atom stereocenters. The number of benzene rings is 1. The summed E-state index contributed by atoms with van der Waals surface area (Å²) in [5.41, 5.74) is 2.87. The van der Waals surface area contributed by atoms with E-state index in [4.69, 9.17) is 0 Å². The molecule has 2 aromatic heterocycles. The van der Waals surface area contributed by atoms with Gasteiger partial charge >= 0.3 is 0 Å². The van der Waals surface area contributed by atoms with Gasteiger partial charge in [0.1, 0.15) is 0 Å². The van der Waals surface area contributed by atoms with E-state index in [2.05, 4.69) is 16.4 Å². The van der Waals surface area contributed by atoms with Crippen molar-refractivity contribution in [2.24, 2.45) is 5.92 Å². The van der Waals surface area contributed by atoms with Gasteiger partial charge in [0, 0.05) is 34.7 Å². The normalized spacial score (nSPS) is 16.5. The molecule has 1 aliphatic heterocycles. The molecule has 0 radical (unpaired) electrons. The van der Waals surface area contributed by atoms with Gasteiger partial charge in [-0.15, -0.1) is 22.7 Å². The van der Waals surface area contributed by atoms with Crippen LogP contribution in [0.2, 0.25) is 0 Å². The Bertz CT molecular complexity index is 1050. The van der Waals surface area contributed by atoms with Crippen LogP contribution in [0, 0.1) is 19.8 Å². The predicted octanol–water partition coefficient (Wildman–Crippen LogP) is 5.46. The Morgan fingerprint density at radius 1 is 1.23 bits per heavy atom. The number of nitrogens with one attached hydrogen (secondary N) is 1. The quantitative estimate of drug-likeness (QED) is 0.552. The molecule has 1 saturated heterocycles. The highest BCUT2D eigenvalue weighted by Gasteiger charge is 2.29. The number of thiazole rings is 1. The Labute approximate surface area is 188 Å². The summed E-state index contributed by atoms with van der Waals surface area (Å²) >= 11 is 4.71. The molecule has 30 heavy (non-hydrogen) atoms. The van der Waals surface area contributed by atoms with E-state index in [1.807, 2.05) is 53.8 Å². The molecule has 0 bridgehead atoms. The molecule has 8 heteroatoms. The minimum atomic E-state index is -0.186. The number of carbonyl (C=O) groups is 2. The van der Waals surface area contributed by atoms with E-state index >= 15 is 0 Å². The van der Waals surface area contributed by atoms with E-state index in [-0.39, 0.29) is 17.7 Å². The number of hydrogen-bond acceptors (Lipinski definition) is 6. The molecular weight excluding hydrogens is 434 g/mol. The lowest BCUT2D eigenvalue weighted by atomic mass is 9.96. The van der Waals surface area contributed by atoms with Crippen LogP contribution >= 0.6 is 34.4 Å². The largest absolute Gasteiger partial charge is 0.337 e. The third-order valence-electron chi connectivity index (χ3n) is 5.07. The lowest BCUT2D eigenvalue weighted by Gasteiger charge is -2.32. The molecule has 1 unspecified atom stereocenters. The monoisotopic (exact) mass is 457 g/mol. The van der Waals surface area contributed by atoms with Crippen molar-refractivity contribution in [3.63, 3.8) is 0 Å². The van der Waals surface area contributed by atoms with Crippen molar-refractivity contribution in [1.82, 2.24) is 9.88 Å². The van der Waals surface area contributed by atoms with E-state index in [0.717, 1.165) is 43.9 Å². The number of rotatable bonds is 5. The highest BCUT2D eigenvalue weighted by Crippen LogP contribution is 2.32. The zero-order valence-corrected chi connectivity index (χ0v) is 19.3. The molecular formula is C22H23N3O2S3. The lowest BCUT2D eigenvalue weighted by Crippen LogP contribution is -2.43. The SMILES string of the molecule is Cc1csc(Sc2ccc(NC(=O)C3CCCN(C(=O)c4cccs4)C3)c(C)c2)n1. The van der Waals surface area contributed by atoms with E-state index in [0.29, 0.717) is 13.1 Å². The molecule has 156 valence electrons. The second-order valence-corrected chi connectivity index (χ2v) is 10.5. The maximum Gasteiger partial charge on any atom is 0.263 e. The van der Waals surface area contributed by atoms with Crippen LogP contribution in [-0.2, 0) is 4.79 Å². The van der Waals surface area contributed by atoms with Gasteiger partial charge in [-0.1, -0.05) is 17.8 Å². The summed E-state index contributed by atoms with van der Waals surface area (Å²) in [6, 6.07) is 9.76. The summed E-state index contributed by atoms with van der Waals surface area (Å²) in [6.45, 7) is 5.17. The van der Waals surface area contributed by atoms with Gasteiger partial charge in [-0.3, -0.25) is 9.59 Å². The number of piperidine rings is 1. The molecule has 5 nitrogen and oxygen atoms in total. The number of aryl methyl sites for hydroxylation is 2. The Morgan fingerprint density at radius 3 is 2.80 bits per heavy atom. The van der Waals surface area contributed by atoms with Crippen molar-refractivity contribution < 1.29 is 9.59 Å². The van der Waals surface area contributed by atoms with Crippen LogP contribution < -0.4 is 5.32 Å². The average molecular weight is 458 g/mol. The molecule has 0 spiro atoms. The van der Waals surface area contributed by atoms with Gasteiger partial charge in [0.15, 0.2) is 4.34 Å². The van der Waals surface area contributed by atoms with E-state index < -0.39 is 0 Å². The summed E-state index contributed by atoms with van der Waals surface area (Å²) in [7, 11) is 0. The van der Waals surface area contributed by atoms with Crippen LogP contribution in [0.4, 0.5) is 5.69 Å². The molecule has 1 N–H and O–H groups in total. The lowest BCUT2D eigenvalue weighted by molar-refractivity contribution is -0.121. The van der Waals surface area contributed by atoms with Crippen LogP contribution in [0.3, 0.4) is 0 Å². The Balaban J connectivity index is 1.38. The Hall–Kier alpha value is -2.16. The standard InChI is InChI=1S/C22H23N3O2S3/c1-14-11-17(30-22-23-15(2)13-29-22)7-8-18(14)24-20(26)16-5-3-9-25(12-16)21(27)19-6-4-10-28-19/h4,6-8,10-11,13,16H,3,5,9,12H2,1-2H3,(H,24,26). The maximum atomic E-state index is 12.9. The van der Waals surface area contributed by atoms with Crippen molar-refractivity contribution in [3.05, 3.63) is 57.2 Å². The smallest absolute Gasteiger partial charge is 0.263 e. The minimum Gasteiger partial charge on any atom is -0.337 e. The summed E-state index contributed by atoms with van der Waals surface area (Å²) in [5.74, 6) is -0.176. The number of carbonyl (C=O) groups excluding carboxylic acids is 2. The van der Waals surface area contributed by atoms with Gasteiger partial charge in [-0.05, 0) is 61.9 Å².